The van der Waals surface area contributed by atoms with Gasteiger partial charge in [-0.1, -0.05) is 12.1 Å². The molecule has 1 aromatic rings. The number of hydrogen-bond acceptors (Lipinski definition) is 3. The first kappa shape index (κ1) is 15.0. The van der Waals surface area contributed by atoms with Crippen LogP contribution in [0.5, 0.6) is 0 Å². The highest BCUT2D eigenvalue weighted by molar-refractivity contribution is 5.83. The third-order valence-electron chi connectivity index (χ3n) is 2.82. The molecule has 0 aliphatic rings. The van der Waals surface area contributed by atoms with Crippen molar-refractivity contribution in [3.63, 3.8) is 0 Å². The van der Waals surface area contributed by atoms with E-state index in [4.69, 9.17) is 5.11 Å². The molecule has 0 heterocycles. The molecule has 0 spiro atoms. The van der Waals surface area contributed by atoms with Crippen LogP contribution in [0.3, 0.4) is 0 Å². The van der Waals surface area contributed by atoms with Crippen molar-refractivity contribution < 1.29 is 14.7 Å². The minimum atomic E-state index is -1.03. The van der Waals surface area contributed by atoms with E-state index in [1.54, 1.807) is 0 Å². The molecule has 0 fully saturated rings. The highest BCUT2D eigenvalue weighted by Crippen LogP contribution is 2.14. The number of amides is 1. The van der Waals surface area contributed by atoms with Crippen LogP contribution in [0.25, 0.3) is 0 Å². The van der Waals surface area contributed by atoms with Crippen molar-refractivity contribution in [2.75, 3.05) is 19.0 Å². The van der Waals surface area contributed by atoms with Crippen LogP contribution in [-0.2, 0) is 16.0 Å². The molecular formula is C14H20N2O3. The van der Waals surface area contributed by atoms with Crippen molar-refractivity contribution in [1.29, 1.82) is 0 Å². The first-order chi connectivity index (χ1) is 8.90. The predicted molar refractivity (Wildman–Crippen MR) is 74.3 cm³/mol. The lowest BCUT2D eigenvalue weighted by atomic mass is 10.1. The Hall–Kier alpha value is -2.04. The van der Waals surface area contributed by atoms with E-state index in [0.29, 0.717) is 6.42 Å². The van der Waals surface area contributed by atoms with Crippen LogP contribution in [0.15, 0.2) is 24.3 Å². The van der Waals surface area contributed by atoms with Crippen LogP contribution in [-0.4, -0.2) is 37.1 Å². The van der Waals surface area contributed by atoms with Crippen molar-refractivity contribution in [2.24, 2.45) is 0 Å². The lowest BCUT2D eigenvalue weighted by molar-refractivity contribution is -0.141. The Balaban J connectivity index is 2.50. The Morgan fingerprint density at radius 2 is 2.05 bits per heavy atom. The van der Waals surface area contributed by atoms with Crippen LogP contribution in [0, 0.1) is 0 Å². The molecule has 104 valence electrons. The van der Waals surface area contributed by atoms with Gasteiger partial charge in [-0.2, -0.15) is 0 Å². The van der Waals surface area contributed by atoms with Gasteiger partial charge in [0.05, 0.1) is 0 Å². The third-order valence-corrected chi connectivity index (χ3v) is 2.82. The van der Waals surface area contributed by atoms with Gasteiger partial charge in [-0.15, -0.1) is 0 Å². The maximum atomic E-state index is 11.6. The molecule has 0 aliphatic carbocycles. The van der Waals surface area contributed by atoms with E-state index < -0.39 is 12.0 Å². The van der Waals surface area contributed by atoms with E-state index in [1.165, 1.54) is 6.92 Å². The van der Waals surface area contributed by atoms with E-state index in [-0.39, 0.29) is 12.3 Å². The summed E-state index contributed by atoms with van der Waals surface area (Å²) in [7, 11) is 3.92. The molecule has 0 aliphatic heterocycles. The zero-order valence-electron chi connectivity index (χ0n) is 11.5. The zero-order chi connectivity index (χ0) is 14.4. The molecule has 5 heteroatoms. The van der Waals surface area contributed by atoms with Crippen LogP contribution in [0.2, 0.25) is 0 Å². The van der Waals surface area contributed by atoms with Crippen LogP contribution >= 0.6 is 0 Å². The molecule has 1 atom stereocenters. The van der Waals surface area contributed by atoms with Crippen molar-refractivity contribution in [2.45, 2.75) is 25.8 Å². The van der Waals surface area contributed by atoms with Crippen molar-refractivity contribution in [1.82, 2.24) is 5.32 Å². The lowest BCUT2D eigenvalue weighted by Gasteiger charge is -2.13. The fourth-order valence-corrected chi connectivity index (χ4v) is 1.62. The number of nitrogens with zero attached hydrogens (tertiary/aromatic N) is 1. The van der Waals surface area contributed by atoms with Crippen molar-refractivity contribution in [3.8, 4) is 0 Å². The molecule has 1 amide bonds. The molecule has 0 unspecified atom stereocenters. The number of carboxylic acids is 1. The molecule has 2 N–H and O–H groups in total. The number of rotatable bonds is 6. The summed E-state index contributed by atoms with van der Waals surface area (Å²) in [5.41, 5.74) is 2.14. The third kappa shape index (κ3) is 4.99. The SMILES string of the molecule is C[C@@H](NC(=O)CCc1cccc(N(C)C)c1)C(=O)O. The lowest BCUT2D eigenvalue weighted by Crippen LogP contribution is -2.38. The molecule has 19 heavy (non-hydrogen) atoms. The van der Waals surface area contributed by atoms with E-state index in [1.807, 2.05) is 43.3 Å². The summed E-state index contributed by atoms with van der Waals surface area (Å²) in [5.74, 6) is -1.27. The predicted octanol–water partition coefficient (Wildman–Crippen LogP) is 1.27. The quantitative estimate of drug-likeness (QED) is 0.812. The first-order valence-electron chi connectivity index (χ1n) is 6.18. The van der Waals surface area contributed by atoms with Crippen LogP contribution in [0.4, 0.5) is 5.69 Å². The summed E-state index contributed by atoms with van der Waals surface area (Å²) < 4.78 is 0. The highest BCUT2D eigenvalue weighted by atomic mass is 16.4. The van der Waals surface area contributed by atoms with E-state index in [2.05, 4.69) is 5.32 Å². The molecule has 0 saturated heterocycles. The fourth-order valence-electron chi connectivity index (χ4n) is 1.62. The summed E-state index contributed by atoms with van der Waals surface area (Å²) in [6.07, 6.45) is 0.883. The maximum Gasteiger partial charge on any atom is 0.325 e. The Morgan fingerprint density at radius 3 is 2.63 bits per heavy atom. The molecule has 1 aromatic carbocycles. The van der Waals surface area contributed by atoms with Gasteiger partial charge in [0.25, 0.3) is 0 Å². The van der Waals surface area contributed by atoms with Gasteiger partial charge in [0.1, 0.15) is 6.04 Å². The van der Waals surface area contributed by atoms with Gasteiger partial charge < -0.3 is 15.3 Å². The van der Waals surface area contributed by atoms with Crippen LogP contribution in [0.1, 0.15) is 18.9 Å². The molecular weight excluding hydrogens is 244 g/mol. The van der Waals surface area contributed by atoms with Gasteiger partial charge in [-0.3, -0.25) is 9.59 Å². The van der Waals surface area contributed by atoms with Crippen molar-refractivity contribution >= 4 is 17.6 Å². The summed E-state index contributed by atoms with van der Waals surface area (Å²) in [6, 6.07) is 7.08. The molecule has 0 radical (unpaired) electrons. The summed E-state index contributed by atoms with van der Waals surface area (Å²) in [4.78, 5) is 24.2. The second-order valence-electron chi connectivity index (χ2n) is 4.69. The maximum absolute atomic E-state index is 11.6. The molecule has 5 nitrogen and oxygen atoms in total. The second kappa shape index (κ2) is 6.78. The fraction of sp³-hybridized carbons (Fsp3) is 0.429. The number of hydrogen-bond donors (Lipinski definition) is 2. The number of benzene rings is 1. The monoisotopic (exact) mass is 264 g/mol. The number of aliphatic carboxylic acids is 1. The summed E-state index contributed by atoms with van der Waals surface area (Å²) in [6.45, 7) is 1.45. The van der Waals surface area contributed by atoms with Crippen LogP contribution < -0.4 is 10.2 Å². The zero-order valence-corrected chi connectivity index (χ0v) is 11.5. The smallest absolute Gasteiger partial charge is 0.325 e. The van der Waals surface area contributed by atoms with E-state index in [9.17, 15) is 9.59 Å². The Morgan fingerprint density at radius 1 is 1.37 bits per heavy atom. The standard InChI is InChI=1S/C14H20N2O3/c1-10(14(18)19)15-13(17)8-7-11-5-4-6-12(9-11)16(2)3/h4-6,9-10H,7-8H2,1-3H3,(H,15,17)(H,18,19)/t10-/m1/s1. The highest BCUT2D eigenvalue weighted by Gasteiger charge is 2.13. The van der Waals surface area contributed by atoms with Gasteiger partial charge in [0, 0.05) is 26.2 Å². The van der Waals surface area contributed by atoms with Gasteiger partial charge in [-0.25, -0.2) is 0 Å². The first-order valence-corrected chi connectivity index (χ1v) is 6.18. The van der Waals surface area contributed by atoms with Gasteiger partial charge >= 0.3 is 5.97 Å². The number of nitrogens with one attached hydrogen (secondary N) is 1. The largest absolute Gasteiger partial charge is 0.480 e. The van der Waals surface area contributed by atoms with E-state index >= 15 is 0 Å². The number of carboxylic acid groups (broad SMARTS) is 1. The average Bonchev–Trinajstić information content (AvgIpc) is 2.36. The summed E-state index contributed by atoms with van der Waals surface area (Å²) >= 11 is 0. The molecule has 0 aromatic heterocycles. The minimum Gasteiger partial charge on any atom is -0.480 e. The number of aryl methyl sites for hydroxylation is 1. The molecule has 0 bridgehead atoms. The Bertz CT molecular complexity index is 458. The second-order valence-corrected chi connectivity index (χ2v) is 4.69. The molecule has 1 rings (SSSR count). The van der Waals surface area contributed by atoms with Gasteiger partial charge in [0.15, 0.2) is 0 Å². The number of carbonyl (C=O) groups excluding carboxylic acids is 1. The number of anilines is 1. The average molecular weight is 264 g/mol. The number of carbonyl (C=O) groups is 2. The van der Waals surface area contributed by atoms with Crippen molar-refractivity contribution in [3.05, 3.63) is 29.8 Å². The Kier molecular flexibility index (Phi) is 5.36. The minimum absolute atomic E-state index is 0.245. The molecule has 0 saturated carbocycles. The normalized spacial score (nSPS) is 11.7. The summed E-state index contributed by atoms with van der Waals surface area (Å²) in [5, 5.41) is 11.1. The van der Waals surface area contributed by atoms with E-state index in [0.717, 1.165) is 11.3 Å². The van der Waals surface area contributed by atoms with Gasteiger partial charge in [-0.05, 0) is 31.0 Å². The Labute approximate surface area is 113 Å². The van der Waals surface area contributed by atoms with Gasteiger partial charge in [0.2, 0.25) is 5.91 Å². The topological polar surface area (TPSA) is 69.6 Å².